The lowest BCUT2D eigenvalue weighted by Gasteiger charge is -2.12. The molecule has 0 aromatic heterocycles. The van der Waals surface area contributed by atoms with Crippen LogP contribution in [0.1, 0.15) is 40.0 Å². The number of allylic oxidation sites excluding steroid dienone is 4. The summed E-state index contributed by atoms with van der Waals surface area (Å²) in [6.07, 6.45) is 9.67. The molecular formula is C17H30N2O2. The van der Waals surface area contributed by atoms with Gasteiger partial charge in [0.05, 0.1) is 0 Å². The molecule has 0 saturated heterocycles. The standard InChI is InChI=1S/C17H30N2O2/c1-6-15(17(21)18-7-2)13-14(3)11-9-8-10-12-16(20)19(4)5/h6,9,11,13,17-18,21H,7-8,10,12H2,1-5H3/b11-9-,14-13+,15-6+. The molecule has 0 heterocycles. The molecule has 0 aliphatic carbocycles. The SMILES string of the molecule is C\C=C(/C=C(C)/C=C\CCCC(=O)N(C)C)C(O)NCC. The molecule has 2 N–H and O–H groups in total. The summed E-state index contributed by atoms with van der Waals surface area (Å²) in [4.78, 5) is 13.0. The Morgan fingerprint density at radius 2 is 2.05 bits per heavy atom. The Kier molecular flexibility index (Phi) is 10.5. The maximum atomic E-state index is 11.4. The summed E-state index contributed by atoms with van der Waals surface area (Å²) in [5.74, 6) is 0.167. The van der Waals surface area contributed by atoms with Gasteiger partial charge in [-0.05, 0) is 38.8 Å². The highest BCUT2D eigenvalue weighted by Gasteiger charge is 2.05. The van der Waals surface area contributed by atoms with Crippen molar-refractivity contribution in [1.82, 2.24) is 10.2 Å². The minimum absolute atomic E-state index is 0.167. The lowest BCUT2D eigenvalue weighted by Crippen LogP contribution is -2.29. The van der Waals surface area contributed by atoms with Crippen LogP contribution in [0, 0.1) is 0 Å². The van der Waals surface area contributed by atoms with Crippen molar-refractivity contribution in [3.63, 3.8) is 0 Å². The first-order valence-corrected chi connectivity index (χ1v) is 7.55. The Balaban J connectivity index is 4.27. The molecule has 0 saturated carbocycles. The zero-order valence-electron chi connectivity index (χ0n) is 14.0. The molecule has 1 unspecified atom stereocenters. The molecule has 0 aromatic carbocycles. The van der Waals surface area contributed by atoms with E-state index in [2.05, 4.69) is 11.4 Å². The highest BCUT2D eigenvalue weighted by Crippen LogP contribution is 2.08. The quantitative estimate of drug-likeness (QED) is 0.390. The fraction of sp³-hybridized carbons (Fsp3) is 0.588. The van der Waals surface area contributed by atoms with Crippen molar-refractivity contribution in [3.8, 4) is 0 Å². The first-order valence-electron chi connectivity index (χ1n) is 7.55. The summed E-state index contributed by atoms with van der Waals surface area (Å²) >= 11 is 0. The molecule has 4 nitrogen and oxygen atoms in total. The number of likely N-dealkylation sites (N-methyl/N-ethyl adjacent to an activating group) is 1. The number of nitrogens with zero attached hydrogens (tertiary/aromatic N) is 1. The van der Waals surface area contributed by atoms with Gasteiger partial charge >= 0.3 is 0 Å². The number of aliphatic hydroxyl groups is 1. The van der Waals surface area contributed by atoms with Crippen molar-refractivity contribution in [3.05, 3.63) is 35.5 Å². The Bertz CT molecular complexity index is 396. The molecule has 0 radical (unpaired) electrons. The van der Waals surface area contributed by atoms with E-state index >= 15 is 0 Å². The summed E-state index contributed by atoms with van der Waals surface area (Å²) in [6, 6.07) is 0. The van der Waals surface area contributed by atoms with Gasteiger partial charge in [0, 0.05) is 20.5 Å². The second-order valence-electron chi connectivity index (χ2n) is 5.22. The number of unbranched alkanes of at least 4 members (excludes halogenated alkanes) is 1. The minimum atomic E-state index is -0.624. The van der Waals surface area contributed by atoms with Gasteiger partial charge in [-0.3, -0.25) is 10.1 Å². The van der Waals surface area contributed by atoms with Crippen LogP contribution < -0.4 is 5.32 Å². The molecule has 0 aromatic rings. The third-order valence-corrected chi connectivity index (χ3v) is 3.08. The summed E-state index contributed by atoms with van der Waals surface area (Å²) in [5, 5.41) is 12.9. The molecule has 0 aliphatic rings. The fourth-order valence-electron chi connectivity index (χ4n) is 1.81. The molecule has 1 atom stereocenters. The van der Waals surface area contributed by atoms with Crippen LogP contribution in [-0.2, 0) is 4.79 Å². The topological polar surface area (TPSA) is 52.6 Å². The van der Waals surface area contributed by atoms with Crippen molar-refractivity contribution in [2.75, 3.05) is 20.6 Å². The van der Waals surface area contributed by atoms with Crippen LogP contribution >= 0.6 is 0 Å². The first kappa shape index (κ1) is 19.6. The molecule has 0 aliphatic heterocycles. The third kappa shape index (κ3) is 9.21. The van der Waals surface area contributed by atoms with E-state index in [4.69, 9.17) is 0 Å². The minimum Gasteiger partial charge on any atom is -0.374 e. The molecule has 21 heavy (non-hydrogen) atoms. The van der Waals surface area contributed by atoms with Crippen LogP contribution in [0.25, 0.3) is 0 Å². The van der Waals surface area contributed by atoms with E-state index in [1.807, 2.05) is 39.0 Å². The summed E-state index contributed by atoms with van der Waals surface area (Å²) in [6.45, 7) is 6.60. The number of rotatable bonds is 9. The average molecular weight is 294 g/mol. The van der Waals surface area contributed by atoms with Crippen molar-refractivity contribution in [1.29, 1.82) is 0 Å². The summed E-state index contributed by atoms with van der Waals surface area (Å²) in [7, 11) is 3.55. The van der Waals surface area contributed by atoms with Crippen molar-refractivity contribution < 1.29 is 9.90 Å². The van der Waals surface area contributed by atoms with Crippen LogP contribution in [0.3, 0.4) is 0 Å². The summed E-state index contributed by atoms with van der Waals surface area (Å²) < 4.78 is 0. The Hall–Kier alpha value is -1.39. The van der Waals surface area contributed by atoms with Gasteiger partial charge in [-0.25, -0.2) is 0 Å². The second-order valence-corrected chi connectivity index (χ2v) is 5.22. The number of amides is 1. The van der Waals surface area contributed by atoms with Crippen LogP contribution in [-0.4, -0.2) is 42.8 Å². The van der Waals surface area contributed by atoms with E-state index in [1.165, 1.54) is 0 Å². The zero-order chi connectivity index (χ0) is 16.3. The predicted molar refractivity (Wildman–Crippen MR) is 88.9 cm³/mol. The first-order chi connectivity index (χ1) is 9.92. The molecular weight excluding hydrogens is 264 g/mol. The van der Waals surface area contributed by atoms with Crippen LogP contribution in [0.15, 0.2) is 35.5 Å². The van der Waals surface area contributed by atoms with Crippen molar-refractivity contribution in [2.24, 2.45) is 0 Å². The highest BCUT2D eigenvalue weighted by atomic mass is 16.3. The molecule has 120 valence electrons. The lowest BCUT2D eigenvalue weighted by atomic mass is 10.1. The van der Waals surface area contributed by atoms with Crippen LogP contribution in [0.5, 0.6) is 0 Å². The molecule has 0 bridgehead atoms. The van der Waals surface area contributed by atoms with E-state index in [1.54, 1.807) is 19.0 Å². The number of carbonyl (C=O) groups is 1. The lowest BCUT2D eigenvalue weighted by molar-refractivity contribution is -0.128. The van der Waals surface area contributed by atoms with Gasteiger partial charge in [0.15, 0.2) is 0 Å². The molecule has 1 amide bonds. The number of hydrogen-bond acceptors (Lipinski definition) is 3. The Morgan fingerprint density at radius 1 is 1.38 bits per heavy atom. The number of nitrogens with one attached hydrogen (secondary N) is 1. The van der Waals surface area contributed by atoms with Gasteiger partial charge in [0.2, 0.25) is 5.91 Å². The number of carbonyl (C=O) groups excluding carboxylic acids is 1. The maximum Gasteiger partial charge on any atom is 0.222 e. The van der Waals surface area contributed by atoms with E-state index in [0.717, 1.165) is 30.5 Å². The van der Waals surface area contributed by atoms with Gasteiger partial charge in [-0.15, -0.1) is 0 Å². The normalized spacial score (nSPS) is 14.6. The van der Waals surface area contributed by atoms with Gasteiger partial charge in [0.1, 0.15) is 6.23 Å². The maximum absolute atomic E-state index is 11.4. The van der Waals surface area contributed by atoms with Crippen LogP contribution in [0.4, 0.5) is 0 Å². The van der Waals surface area contributed by atoms with Gasteiger partial charge in [-0.2, -0.15) is 0 Å². The fourth-order valence-corrected chi connectivity index (χ4v) is 1.81. The van der Waals surface area contributed by atoms with Crippen molar-refractivity contribution in [2.45, 2.75) is 46.3 Å². The monoisotopic (exact) mass is 294 g/mol. The van der Waals surface area contributed by atoms with E-state index < -0.39 is 6.23 Å². The van der Waals surface area contributed by atoms with Gasteiger partial charge < -0.3 is 10.0 Å². The number of aliphatic hydroxyl groups excluding tert-OH is 1. The van der Waals surface area contributed by atoms with E-state index in [-0.39, 0.29) is 5.91 Å². The van der Waals surface area contributed by atoms with Gasteiger partial charge in [0.25, 0.3) is 0 Å². The van der Waals surface area contributed by atoms with E-state index in [9.17, 15) is 9.90 Å². The Labute approximate surface area is 129 Å². The third-order valence-electron chi connectivity index (χ3n) is 3.08. The molecule has 0 spiro atoms. The predicted octanol–water partition coefficient (Wildman–Crippen LogP) is 2.62. The smallest absolute Gasteiger partial charge is 0.222 e. The van der Waals surface area contributed by atoms with E-state index in [0.29, 0.717) is 6.42 Å². The average Bonchev–Trinajstić information content (AvgIpc) is 2.44. The largest absolute Gasteiger partial charge is 0.374 e. The van der Waals surface area contributed by atoms with Crippen molar-refractivity contribution >= 4 is 5.91 Å². The number of hydrogen-bond donors (Lipinski definition) is 2. The molecule has 0 rings (SSSR count). The highest BCUT2D eigenvalue weighted by molar-refractivity contribution is 5.75. The second kappa shape index (κ2) is 11.3. The zero-order valence-corrected chi connectivity index (χ0v) is 14.0. The molecule has 0 fully saturated rings. The Morgan fingerprint density at radius 3 is 2.57 bits per heavy atom. The molecule has 4 heteroatoms. The summed E-state index contributed by atoms with van der Waals surface area (Å²) in [5.41, 5.74) is 1.95. The van der Waals surface area contributed by atoms with Gasteiger partial charge in [-0.1, -0.05) is 36.8 Å². The van der Waals surface area contributed by atoms with Crippen LogP contribution in [0.2, 0.25) is 0 Å².